The van der Waals surface area contributed by atoms with Crippen molar-refractivity contribution in [2.24, 2.45) is 0 Å². The van der Waals surface area contributed by atoms with Crippen LogP contribution >= 0.6 is 0 Å². The van der Waals surface area contributed by atoms with Gasteiger partial charge in [-0.3, -0.25) is 9.69 Å². The van der Waals surface area contributed by atoms with Crippen LogP contribution in [0.15, 0.2) is 60.7 Å². The van der Waals surface area contributed by atoms with Crippen LogP contribution in [0.4, 0.5) is 0 Å². The smallest absolute Gasteiger partial charge is 0.244 e. The predicted octanol–water partition coefficient (Wildman–Crippen LogP) is 2.74. The molecule has 152 valence electrons. The van der Waals surface area contributed by atoms with E-state index in [-0.39, 0.29) is 29.5 Å². The first kappa shape index (κ1) is 19.9. The Balaban J connectivity index is 1.43. The molecule has 0 aromatic heterocycles. The monoisotopic (exact) mass is 410 g/mol. The van der Waals surface area contributed by atoms with Crippen LogP contribution < -0.4 is 5.32 Å². The SMILES string of the molecule is O=C(/C=C/c1cccc(-c2ccccc2)c1)NC1CS(=O)(=O)CC1N1CCCC1. The van der Waals surface area contributed by atoms with Crippen LogP contribution in [-0.2, 0) is 14.6 Å². The standard InChI is InChI=1S/C23H26N2O3S/c26-23(24-21-16-29(27,28)17-22(21)25-13-4-5-14-25)12-11-18-7-6-10-20(15-18)19-8-2-1-3-9-19/h1-3,6-12,15,21-22H,4-5,13-14,16-17H2,(H,24,26)/b12-11+. The van der Waals surface area contributed by atoms with Crippen molar-refractivity contribution < 1.29 is 13.2 Å². The molecule has 2 heterocycles. The molecular formula is C23H26N2O3S. The number of benzene rings is 2. The zero-order valence-electron chi connectivity index (χ0n) is 16.3. The van der Waals surface area contributed by atoms with Crippen molar-refractivity contribution >= 4 is 21.8 Å². The van der Waals surface area contributed by atoms with E-state index >= 15 is 0 Å². The number of rotatable bonds is 5. The number of carbonyl (C=O) groups is 1. The number of hydrogen-bond acceptors (Lipinski definition) is 4. The molecule has 0 spiro atoms. The summed E-state index contributed by atoms with van der Waals surface area (Å²) < 4.78 is 24.3. The molecule has 29 heavy (non-hydrogen) atoms. The third-order valence-corrected chi connectivity index (χ3v) is 7.40. The Hall–Kier alpha value is -2.44. The van der Waals surface area contributed by atoms with E-state index in [0.717, 1.165) is 42.6 Å². The van der Waals surface area contributed by atoms with Gasteiger partial charge in [0.1, 0.15) is 0 Å². The normalized spacial score (nSPS) is 24.1. The number of hydrogen-bond donors (Lipinski definition) is 1. The maximum absolute atomic E-state index is 12.5. The van der Waals surface area contributed by atoms with Crippen LogP contribution in [0.25, 0.3) is 17.2 Å². The second-order valence-corrected chi connectivity index (χ2v) is 9.98. The van der Waals surface area contributed by atoms with Gasteiger partial charge in [-0.15, -0.1) is 0 Å². The Morgan fingerprint density at radius 3 is 2.45 bits per heavy atom. The first-order chi connectivity index (χ1) is 14.0. The van der Waals surface area contributed by atoms with Crippen LogP contribution in [0.5, 0.6) is 0 Å². The second-order valence-electron chi connectivity index (χ2n) is 7.83. The van der Waals surface area contributed by atoms with Gasteiger partial charge in [0, 0.05) is 12.1 Å². The molecule has 1 amide bonds. The fourth-order valence-electron chi connectivity index (χ4n) is 4.26. The molecule has 0 aliphatic carbocycles. The number of amides is 1. The summed E-state index contributed by atoms with van der Waals surface area (Å²) in [6.07, 6.45) is 5.45. The molecule has 5 nitrogen and oxygen atoms in total. The first-order valence-corrected chi connectivity index (χ1v) is 11.9. The fraction of sp³-hybridized carbons (Fsp3) is 0.348. The van der Waals surface area contributed by atoms with Crippen LogP contribution in [0, 0.1) is 0 Å². The summed E-state index contributed by atoms with van der Waals surface area (Å²) in [5, 5.41) is 2.93. The molecule has 0 radical (unpaired) electrons. The van der Waals surface area contributed by atoms with Gasteiger partial charge in [0.15, 0.2) is 9.84 Å². The summed E-state index contributed by atoms with van der Waals surface area (Å²) >= 11 is 0. The Morgan fingerprint density at radius 1 is 0.966 bits per heavy atom. The molecule has 0 saturated carbocycles. The van der Waals surface area contributed by atoms with Gasteiger partial charge in [-0.2, -0.15) is 0 Å². The second kappa shape index (κ2) is 8.51. The highest BCUT2D eigenvalue weighted by atomic mass is 32.2. The van der Waals surface area contributed by atoms with Gasteiger partial charge >= 0.3 is 0 Å². The highest BCUT2D eigenvalue weighted by Crippen LogP contribution is 2.23. The van der Waals surface area contributed by atoms with Crippen molar-refractivity contribution in [1.29, 1.82) is 0 Å². The maximum atomic E-state index is 12.5. The molecule has 2 unspecified atom stereocenters. The summed E-state index contributed by atoms with van der Waals surface area (Å²) in [6.45, 7) is 1.82. The molecule has 2 aliphatic heterocycles. The van der Waals surface area contributed by atoms with E-state index in [2.05, 4.69) is 22.3 Å². The lowest BCUT2D eigenvalue weighted by Crippen LogP contribution is -2.49. The van der Waals surface area contributed by atoms with Crippen molar-refractivity contribution in [3.63, 3.8) is 0 Å². The topological polar surface area (TPSA) is 66.5 Å². The summed E-state index contributed by atoms with van der Waals surface area (Å²) in [5.41, 5.74) is 3.14. The largest absolute Gasteiger partial charge is 0.347 e. The Kier molecular flexibility index (Phi) is 5.83. The number of likely N-dealkylation sites (tertiary alicyclic amines) is 1. The van der Waals surface area contributed by atoms with Gasteiger partial charge in [-0.1, -0.05) is 48.5 Å². The van der Waals surface area contributed by atoms with E-state index in [9.17, 15) is 13.2 Å². The minimum absolute atomic E-state index is 0.0250. The number of sulfone groups is 1. The van der Waals surface area contributed by atoms with Crippen molar-refractivity contribution in [3.05, 3.63) is 66.2 Å². The summed E-state index contributed by atoms with van der Waals surface area (Å²) in [5.74, 6) is -0.0840. The van der Waals surface area contributed by atoms with E-state index in [1.807, 2.05) is 42.5 Å². The van der Waals surface area contributed by atoms with Crippen LogP contribution in [0.1, 0.15) is 18.4 Å². The molecule has 2 aromatic carbocycles. The minimum Gasteiger partial charge on any atom is -0.347 e. The quantitative estimate of drug-likeness (QED) is 0.770. The molecule has 1 N–H and O–H groups in total. The van der Waals surface area contributed by atoms with Crippen molar-refractivity contribution in [3.8, 4) is 11.1 Å². The highest BCUT2D eigenvalue weighted by molar-refractivity contribution is 7.91. The van der Waals surface area contributed by atoms with E-state index in [1.165, 1.54) is 6.08 Å². The van der Waals surface area contributed by atoms with Crippen molar-refractivity contribution in [2.45, 2.75) is 24.9 Å². The third kappa shape index (κ3) is 4.95. The maximum Gasteiger partial charge on any atom is 0.244 e. The van der Waals surface area contributed by atoms with Gasteiger partial charge < -0.3 is 5.32 Å². The molecule has 2 fully saturated rings. The van der Waals surface area contributed by atoms with Gasteiger partial charge in [0.25, 0.3) is 0 Å². The molecule has 6 heteroatoms. The molecule has 0 bridgehead atoms. The lowest BCUT2D eigenvalue weighted by molar-refractivity contribution is -0.117. The summed E-state index contributed by atoms with van der Waals surface area (Å²) in [7, 11) is -3.11. The molecule has 2 saturated heterocycles. The van der Waals surface area contributed by atoms with Crippen LogP contribution in [0.2, 0.25) is 0 Å². The average molecular weight is 411 g/mol. The van der Waals surface area contributed by atoms with Gasteiger partial charge in [0.2, 0.25) is 5.91 Å². The van der Waals surface area contributed by atoms with E-state index in [0.29, 0.717) is 0 Å². The van der Waals surface area contributed by atoms with E-state index in [1.54, 1.807) is 6.08 Å². The molecule has 2 aliphatic rings. The minimum atomic E-state index is -3.11. The highest BCUT2D eigenvalue weighted by Gasteiger charge is 2.42. The number of nitrogens with one attached hydrogen (secondary N) is 1. The van der Waals surface area contributed by atoms with Gasteiger partial charge in [-0.25, -0.2) is 8.42 Å². The Labute approximate surface area is 172 Å². The molecule has 2 aromatic rings. The van der Waals surface area contributed by atoms with E-state index in [4.69, 9.17) is 0 Å². The first-order valence-electron chi connectivity index (χ1n) is 10.1. The summed E-state index contributed by atoms with van der Waals surface area (Å²) in [6, 6.07) is 17.6. The average Bonchev–Trinajstić information content (AvgIpc) is 3.35. The van der Waals surface area contributed by atoms with Crippen molar-refractivity contribution in [2.75, 3.05) is 24.6 Å². The van der Waals surface area contributed by atoms with E-state index < -0.39 is 9.84 Å². The lowest BCUT2D eigenvalue weighted by Gasteiger charge is -2.28. The lowest BCUT2D eigenvalue weighted by atomic mass is 10.0. The van der Waals surface area contributed by atoms with Crippen LogP contribution in [-0.4, -0.2) is 55.9 Å². The molecule has 4 rings (SSSR count). The number of carbonyl (C=O) groups excluding carboxylic acids is 1. The third-order valence-electron chi connectivity index (χ3n) is 5.68. The fourth-order valence-corrected chi connectivity index (χ4v) is 6.21. The predicted molar refractivity (Wildman–Crippen MR) is 116 cm³/mol. The molecule has 2 atom stereocenters. The zero-order valence-corrected chi connectivity index (χ0v) is 17.1. The van der Waals surface area contributed by atoms with Gasteiger partial charge in [-0.05, 0) is 54.8 Å². The Morgan fingerprint density at radius 2 is 1.69 bits per heavy atom. The van der Waals surface area contributed by atoms with Gasteiger partial charge in [0.05, 0.1) is 17.5 Å². The zero-order chi connectivity index (χ0) is 20.3. The summed E-state index contributed by atoms with van der Waals surface area (Å²) in [4.78, 5) is 14.7. The van der Waals surface area contributed by atoms with Crippen molar-refractivity contribution in [1.82, 2.24) is 10.2 Å². The molecular weight excluding hydrogens is 384 g/mol. The van der Waals surface area contributed by atoms with Crippen LogP contribution in [0.3, 0.4) is 0 Å². The Bertz CT molecular complexity index is 996. The number of nitrogens with zero attached hydrogens (tertiary/aromatic N) is 1.